The van der Waals surface area contributed by atoms with Gasteiger partial charge in [-0.25, -0.2) is 0 Å². The highest BCUT2D eigenvalue weighted by atomic mass is 16.2. The highest BCUT2D eigenvalue weighted by molar-refractivity contribution is 5.97. The third-order valence-corrected chi connectivity index (χ3v) is 4.61. The fourth-order valence-electron chi connectivity index (χ4n) is 3.07. The minimum absolute atomic E-state index is 0.0844. The first kappa shape index (κ1) is 19.4. The van der Waals surface area contributed by atoms with Gasteiger partial charge in [-0.1, -0.05) is 60.7 Å². The van der Waals surface area contributed by atoms with E-state index in [9.17, 15) is 9.59 Å². The van der Waals surface area contributed by atoms with Crippen molar-refractivity contribution in [2.24, 2.45) is 0 Å². The van der Waals surface area contributed by atoms with Gasteiger partial charge in [-0.15, -0.1) is 0 Å². The largest absolute Gasteiger partial charge is 0.337 e. The smallest absolute Gasteiger partial charge is 0.253 e. The number of nitrogens with one attached hydrogen (secondary N) is 1. The summed E-state index contributed by atoms with van der Waals surface area (Å²) in [5, 5.41) is 2.89. The fraction of sp³-hybridized carbons (Fsp3) is 0.167. The Morgan fingerprint density at radius 1 is 0.893 bits per heavy atom. The van der Waals surface area contributed by atoms with E-state index in [1.165, 1.54) is 0 Å². The zero-order valence-electron chi connectivity index (χ0n) is 16.2. The summed E-state index contributed by atoms with van der Waals surface area (Å²) in [6, 6.07) is 24.7. The molecular weight excluding hydrogens is 348 g/mol. The van der Waals surface area contributed by atoms with Crippen LogP contribution in [0.15, 0.2) is 78.9 Å². The van der Waals surface area contributed by atoms with Crippen LogP contribution in [0.2, 0.25) is 0 Å². The Labute approximate surface area is 165 Å². The molecule has 28 heavy (non-hydrogen) atoms. The van der Waals surface area contributed by atoms with Crippen LogP contribution in [-0.4, -0.2) is 23.8 Å². The van der Waals surface area contributed by atoms with Crippen LogP contribution in [0.5, 0.6) is 0 Å². The van der Waals surface area contributed by atoms with Gasteiger partial charge in [-0.05, 0) is 41.8 Å². The van der Waals surface area contributed by atoms with E-state index in [1.807, 2.05) is 61.5 Å². The van der Waals surface area contributed by atoms with E-state index in [0.29, 0.717) is 24.2 Å². The van der Waals surface area contributed by atoms with Gasteiger partial charge in [0, 0.05) is 24.8 Å². The molecule has 0 aliphatic carbocycles. The number of nitrogens with zero attached hydrogens (tertiary/aromatic N) is 1. The number of carbonyl (C=O) groups excluding carboxylic acids is 2. The molecular formula is C24H24N2O2. The van der Waals surface area contributed by atoms with Crippen molar-refractivity contribution in [3.8, 4) is 0 Å². The van der Waals surface area contributed by atoms with Crippen LogP contribution in [0.25, 0.3) is 0 Å². The Kier molecular flexibility index (Phi) is 6.22. The molecule has 0 saturated heterocycles. The topological polar surface area (TPSA) is 49.4 Å². The molecule has 0 atom stereocenters. The molecule has 3 aromatic carbocycles. The average Bonchev–Trinajstić information content (AvgIpc) is 2.70. The molecule has 0 spiro atoms. The predicted molar refractivity (Wildman–Crippen MR) is 112 cm³/mol. The van der Waals surface area contributed by atoms with Gasteiger partial charge in [0.05, 0.1) is 6.42 Å². The molecule has 3 rings (SSSR count). The van der Waals surface area contributed by atoms with Crippen LogP contribution >= 0.6 is 0 Å². The number of benzene rings is 3. The molecule has 3 aromatic rings. The Balaban J connectivity index is 1.65. The molecule has 0 saturated carbocycles. The van der Waals surface area contributed by atoms with E-state index in [1.54, 1.807) is 36.2 Å². The first-order valence-corrected chi connectivity index (χ1v) is 9.27. The number of hydrogen-bond donors (Lipinski definition) is 1. The lowest BCUT2D eigenvalue weighted by Crippen LogP contribution is -2.26. The van der Waals surface area contributed by atoms with Crippen molar-refractivity contribution in [3.63, 3.8) is 0 Å². The lowest BCUT2D eigenvalue weighted by molar-refractivity contribution is -0.115. The quantitative estimate of drug-likeness (QED) is 0.695. The van der Waals surface area contributed by atoms with Gasteiger partial charge in [0.1, 0.15) is 0 Å². The summed E-state index contributed by atoms with van der Waals surface area (Å²) in [6.07, 6.45) is 0.304. The molecule has 4 nitrogen and oxygen atoms in total. The summed E-state index contributed by atoms with van der Waals surface area (Å²) in [5.41, 5.74) is 4.32. The van der Waals surface area contributed by atoms with E-state index >= 15 is 0 Å². The van der Waals surface area contributed by atoms with Crippen LogP contribution in [0, 0.1) is 6.92 Å². The second kappa shape index (κ2) is 9.00. The normalized spacial score (nSPS) is 10.4. The van der Waals surface area contributed by atoms with Gasteiger partial charge in [-0.2, -0.15) is 0 Å². The van der Waals surface area contributed by atoms with Gasteiger partial charge in [-0.3, -0.25) is 9.59 Å². The van der Waals surface area contributed by atoms with E-state index in [4.69, 9.17) is 0 Å². The highest BCUT2D eigenvalue weighted by Gasteiger charge is 2.13. The molecule has 142 valence electrons. The minimum atomic E-state index is -0.100. The SMILES string of the molecule is Cc1ccccc1CC(=O)Nc1cccc(C(=O)N(C)Cc2ccccc2)c1. The average molecular weight is 372 g/mol. The molecule has 0 fully saturated rings. The summed E-state index contributed by atoms with van der Waals surface area (Å²) in [5.74, 6) is -0.185. The maximum absolute atomic E-state index is 12.7. The van der Waals surface area contributed by atoms with Crippen molar-refractivity contribution < 1.29 is 9.59 Å². The highest BCUT2D eigenvalue weighted by Crippen LogP contribution is 2.15. The Hall–Kier alpha value is -3.40. The number of hydrogen-bond acceptors (Lipinski definition) is 2. The van der Waals surface area contributed by atoms with Crippen molar-refractivity contribution in [2.45, 2.75) is 19.9 Å². The van der Waals surface area contributed by atoms with Crippen molar-refractivity contribution in [1.29, 1.82) is 0 Å². The Morgan fingerprint density at radius 2 is 1.61 bits per heavy atom. The summed E-state index contributed by atoms with van der Waals surface area (Å²) in [7, 11) is 1.78. The molecule has 0 radical (unpaired) electrons. The molecule has 0 heterocycles. The Bertz CT molecular complexity index is 967. The summed E-state index contributed by atoms with van der Waals surface area (Å²) in [6.45, 7) is 2.52. The van der Waals surface area contributed by atoms with Crippen LogP contribution in [0.1, 0.15) is 27.0 Å². The first-order valence-electron chi connectivity index (χ1n) is 9.27. The fourth-order valence-corrected chi connectivity index (χ4v) is 3.07. The zero-order chi connectivity index (χ0) is 19.9. The molecule has 1 N–H and O–H groups in total. The van der Waals surface area contributed by atoms with Gasteiger partial charge < -0.3 is 10.2 Å². The van der Waals surface area contributed by atoms with Crippen molar-refractivity contribution in [1.82, 2.24) is 4.90 Å². The predicted octanol–water partition coefficient (Wildman–Crippen LogP) is 4.45. The van der Waals surface area contributed by atoms with Gasteiger partial charge in [0.2, 0.25) is 5.91 Å². The molecule has 0 bridgehead atoms. The molecule has 0 aliphatic heterocycles. The van der Waals surface area contributed by atoms with Crippen molar-refractivity contribution in [2.75, 3.05) is 12.4 Å². The van der Waals surface area contributed by atoms with Crippen LogP contribution in [-0.2, 0) is 17.8 Å². The second-order valence-electron chi connectivity index (χ2n) is 6.88. The molecule has 0 unspecified atom stereocenters. The molecule has 2 amide bonds. The van der Waals surface area contributed by atoms with Crippen molar-refractivity contribution in [3.05, 3.63) is 101 Å². The summed E-state index contributed by atoms with van der Waals surface area (Å²) < 4.78 is 0. The van der Waals surface area contributed by atoms with E-state index in [-0.39, 0.29) is 11.8 Å². The molecule has 4 heteroatoms. The number of rotatable bonds is 6. The van der Waals surface area contributed by atoms with Gasteiger partial charge in [0.15, 0.2) is 0 Å². The van der Waals surface area contributed by atoms with E-state index in [0.717, 1.165) is 16.7 Å². The standard InChI is InChI=1S/C24H24N2O2/c1-18-9-6-7-12-20(18)16-23(27)25-22-14-8-13-21(15-22)24(28)26(2)17-19-10-4-3-5-11-19/h3-15H,16-17H2,1-2H3,(H,25,27). The second-order valence-corrected chi connectivity index (χ2v) is 6.88. The summed E-state index contributed by atoms with van der Waals surface area (Å²) in [4.78, 5) is 26.8. The maximum atomic E-state index is 12.7. The third kappa shape index (κ3) is 5.07. The zero-order valence-corrected chi connectivity index (χ0v) is 16.2. The molecule has 0 aromatic heterocycles. The minimum Gasteiger partial charge on any atom is -0.337 e. The first-order chi connectivity index (χ1) is 13.5. The van der Waals surface area contributed by atoms with Gasteiger partial charge in [0.25, 0.3) is 5.91 Å². The van der Waals surface area contributed by atoms with Gasteiger partial charge >= 0.3 is 0 Å². The maximum Gasteiger partial charge on any atom is 0.253 e. The molecule has 0 aliphatic rings. The van der Waals surface area contributed by atoms with Crippen LogP contribution < -0.4 is 5.32 Å². The third-order valence-electron chi connectivity index (χ3n) is 4.61. The lowest BCUT2D eigenvalue weighted by atomic mass is 10.1. The van der Waals surface area contributed by atoms with Crippen LogP contribution in [0.4, 0.5) is 5.69 Å². The number of amides is 2. The van der Waals surface area contributed by atoms with Crippen molar-refractivity contribution >= 4 is 17.5 Å². The van der Waals surface area contributed by atoms with Crippen LogP contribution in [0.3, 0.4) is 0 Å². The number of anilines is 1. The Morgan fingerprint density at radius 3 is 2.36 bits per heavy atom. The van der Waals surface area contributed by atoms with E-state index < -0.39 is 0 Å². The summed E-state index contributed by atoms with van der Waals surface area (Å²) >= 11 is 0. The lowest BCUT2D eigenvalue weighted by Gasteiger charge is -2.18. The number of carbonyl (C=O) groups is 2. The van der Waals surface area contributed by atoms with E-state index in [2.05, 4.69) is 5.32 Å². The monoisotopic (exact) mass is 372 g/mol. The number of aryl methyl sites for hydroxylation is 1.